The minimum atomic E-state index is 0.158. The van der Waals surface area contributed by atoms with Crippen LogP contribution in [0.2, 0.25) is 0 Å². The molecule has 0 aliphatic carbocycles. The van der Waals surface area contributed by atoms with Crippen molar-refractivity contribution >= 4 is 5.96 Å². The summed E-state index contributed by atoms with van der Waals surface area (Å²) in [5.74, 6) is 2.70. The lowest BCUT2D eigenvalue weighted by atomic mass is 9.99. The summed E-state index contributed by atoms with van der Waals surface area (Å²) in [4.78, 5) is 6.99. The Bertz CT molecular complexity index is 665. The van der Waals surface area contributed by atoms with E-state index in [1.165, 1.54) is 44.5 Å². The fraction of sp³-hybridized carbons (Fsp3) is 0.708. The highest BCUT2D eigenvalue weighted by atomic mass is 16.5. The summed E-state index contributed by atoms with van der Waals surface area (Å²) in [5.41, 5.74) is 2.35. The van der Waals surface area contributed by atoms with Crippen LogP contribution >= 0.6 is 0 Å². The topological polar surface area (TPSA) is 58.1 Å². The number of ether oxygens (including phenoxy) is 2. The molecule has 2 saturated heterocycles. The van der Waals surface area contributed by atoms with Gasteiger partial charge in [-0.05, 0) is 69.8 Å². The molecule has 0 amide bonds. The number of piperidine rings is 1. The first-order chi connectivity index (χ1) is 14.6. The number of likely N-dealkylation sites (tertiary alicyclic amines) is 1. The lowest BCUT2D eigenvalue weighted by Crippen LogP contribution is -2.38. The van der Waals surface area contributed by atoms with Crippen molar-refractivity contribution < 1.29 is 9.47 Å². The highest BCUT2D eigenvalue weighted by molar-refractivity contribution is 5.79. The van der Waals surface area contributed by atoms with Crippen LogP contribution in [-0.4, -0.2) is 63.4 Å². The summed E-state index contributed by atoms with van der Waals surface area (Å²) < 4.78 is 11.7. The van der Waals surface area contributed by atoms with Crippen LogP contribution in [0.15, 0.2) is 23.2 Å². The van der Waals surface area contributed by atoms with Gasteiger partial charge < -0.3 is 25.0 Å². The molecule has 2 heterocycles. The van der Waals surface area contributed by atoms with Gasteiger partial charge in [-0.1, -0.05) is 19.1 Å². The second-order valence-electron chi connectivity index (χ2n) is 8.80. The maximum absolute atomic E-state index is 6.20. The van der Waals surface area contributed by atoms with Crippen molar-refractivity contribution in [3.8, 4) is 5.75 Å². The van der Waals surface area contributed by atoms with Crippen molar-refractivity contribution in [2.75, 3.05) is 46.4 Å². The Labute approximate surface area is 182 Å². The van der Waals surface area contributed by atoms with Gasteiger partial charge in [0.15, 0.2) is 5.96 Å². The Balaban J connectivity index is 1.37. The van der Waals surface area contributed by atoms with Crippen LogP contribution in [-0.2, 0) is 11.3 Å². The van der Waals surface area contributed by atoms with E-state index in [0.29, 0.717) is 13.2 Å². The van der Waals surface area contributed by atoms with Crippen molar-refractivity contribution in [2.45, 2.75) is 58.6 Å². The molecule has 0 spiro atoms. The van der Waals surface area contributed by atoms with Gasteiger partial charge in [0.05, 0.1) is 13.2 Å². The van der Waals surface area contributed by atoms with Gasteiger partial charge in [0.2, 0.25) is 0 Å². The quantitative estimate of drug-likeness (QED) is 0.367. The largest absolute Gasteiger partial charge is 0.488 e. The molecule has 1 aromatic rings. The predicted octanol–water partition coefficient (Wildman–Crippen LogP) is 3.34. The molecule has 2 aliphatic rings. The van der Waals surface area contributed by atoms with Gasteiger partial charge in [0.25, 0.3) is 0 Å². The number of hydrogen-bond donors (Lipinski definition) is 2. The zero-order chi connectivity index (χ0) is 21.2. The van der Waals surface area contributed by atoms with Gasteiger partial charge in [-0.15, -0.1) is 0 Å². The van der Waals surface area contributed by atoms with Gasteiger partial charge in [-0.2, -0.15) is 0 Å². The SMILES string of the molecule is CN=C(NCCCCN1CCC(C)CC1)NCc1ccc(C)cc1OC1CCOC1. The van der Waals surface area contributed by atoms with Crippen LogP contribution in [0.25, 0.3) is 0 Å². The number of nitrogens with one attached hydrogen (secondary N) is 2. The van der Waals surface area contributed by atoms with Crippen LogP contribution in [0, 0.1) is 12.8 Å². The molecule has 6 heteroatoms. The van der Waals surface area contributed by atoms with Crippen LogP contribution < -0.4 is 15.4 Å². The van der Waals surface area contributed by atoms with Crippen molar-refractivity contribution in [3.05, 3.63) is 29.3 Å². The summed E-state index contributed by atoms with van der Waals surface area (Å²) >= 11 is 0. The van der Waals surface area contributed by atoms with Crippen LogP contribution in [0.3, 0.4) is 0 Å². The summed E-state index contributed by atoms with van der Waals surface area (Å²) in [5, 5.41) is 6.88. The molecular formula is C24H40N4O2. The van der Waals surface area contributed by atoms with Crippen molar-refractivity contribution in [3.63, 3.8) is 0 Å². The van der Waals surface area contributed by atoms with Gasteiger partial charge in [-0.25, -0.2) is 0 Å². The zero-order valence-corrected chi connectivity index (χ0v) is 19.1. The highest BCUT2D eigenvalue weighted by Gasteiger charge is 2.19. The third-order valence-electron chi connectivity index (χ3n) is 6.14. The molecule has 1 atom stereocenters. The third-order valence-corrected chi connectivity index (χ3v) is 6.14. The maximum atomic E-state index is 6.20. The average molecular weight is 417 g/mol. The van der Waals surface area contributed by atoms with E-state index >= 15 is 0 Å². The Morgan fingerprint density at radius 2 is 2.03 bits per heavy atom. The van der Waals surface area contributed by atoms with Crippen molar-refractivity contribution in [2.24, 2.45) is 10.9 Å². The van der Waals surface area contributed by atoms with E-state index in [-0.39, 0.29) is 6.10 Å². The average Bonchev–Trinajstić information content (AvgIpc) is 3.25. The molecule has 2 N–H and O–H groups in total. The Morgan fingerprint density at radius 3 is 2.77 bits per heavy atom. The van der Waals surface area contributed by atoms with Crippen LogP contribution in [0.1, 0.15) is 50.2 Å². The molecule has 3 rings (SSSR count). The lowest BCUT2D eigenvalue weighted by molar-refractivity contribution is 0.140. The Hall–Kier alpha value is -1.79. The van der Waals surface area contributed by atoms with E-state index in [4.69, 9.17) is 9.47 Å². The summed E-state index contributed by atoms with van der Waals surface area (Å²) in [6.45, 7) is 11.3. The van der Waals surface area contributed by atoms with Gasteiger partial charge in [0.1, 0.15) is 11.9 Å². The van der Waals surface area contributed by atoms with Gasteiger partial charge in [-0.3, -0.25) is 4.99 Å². The Morgan fingerprint density at radius 1 is 1.20 bits per heavy atom. The molecule has 0 bridgehead atoms. The molecule has 30 heavy (non-hydrogen) atoms. The molecule has 2 fully saturated rings. The second kappa shape index (κ2) is 12.2. The van der Waals surface area contributed by atoms with Crippen LogP contribution in [0.5, 0.6) is 5.75 Å². The molecule has 1 unspecified atom stereocenters. The van der Waals surface area contributed by atoms with E-state index in [1.54, 1.807) is 0 Å². The summed E-state index contributed by atoms with van der Waals surface area (Å²) in [7, 11) is 1.83. The molecule has 168 valence electrons. The predicted molar refractivity (Wildman–Crippen MR) is 123 cm³/mol. The first kappa shape index (κ1) is 22.9. The first-order valence-electron chi connectivity index (χ1n) is 11.6. The number of unbranched alkanes of at least 4 members (excludes halogenated alkanes) is 1. The van der Waals surface area contributed by atoms with E-state index in [2.05, 4.69) is 52.6 Å². The number of aliphatic imine (C=N–C) groups is 1. The second-order valence-corrected chi connectivity index (χ2v) is 8.80. The molecular weight excluding hydrogens is 376 g/mol. The van der Waals surface area contributed by atoms with Crippen molar-refractivity contribution in [1.82, 2.24) is 15.5 Å². The number of benzene rings is 1. The summed E-state index contributed by atoms with van der Waals surface area (Å²) in [6.07, 6.45) is 6.22. The normalized spacial score (nSPS) is 21.0. The van der Waals surface area contributed by atoms with E-state index in [9.17, 15) is 0 Å². The fourth-order valence-electron chi connectivity index (χ4n) is 4.06. The van der Waals surface area contributed by atoms with Crippen molar-refractivity contribution in [1.29, 1.82) is 0 Å². The minimum absolute atomic E-state index is 0.158. The Kier molecular flexibility index (Phi) is 9.27. The zero-order valence-electron chi connectivity index (χ0n) is 19.1. The monoisotopic (exact) mass is 416 g/mol. The van der Waals surface area contributed by atoms with Gasteiger partial charge >= 0.3 is 0 Å². The van der Waals surface area contributed by atoms with E-state index in [0.717, 1.165) is 49.2 Å². The molecule has 6 nitrogen and oxygen atoms in total. The highest BCUT2D eigenvalue weighted by Crippen LogP contribution is 2.23. The first-order valence-corrected chi connectivity index (χ1v) is 11.6. The lowest BCUT2D eigenvalue weighted by Gasteiger charge is -2.30. The smallest absolute Gasteiger partial charge is 0.191 e. The standard InChI is InChI=1S/C24H40N4O2/c1-19-8-13-28(14-9-19)12-5-4-11-26-24(25-3)27-17-21-7-6-20(2)16-23(21)30-22-10-15-29-18-22/h6-7,16,19,22H,4-5,8-15,17-18H2,1-3H3,(H2,25,26,27). The number of nitrogens with zero attached hydrogens (tertiary/aromatic N) is 2. The number of guanidine groups is 1. The fourth-order valence-corrected chi connectivity index (χ4v) is 4.06. The van der Waals surface area contributed by atoms with E-state index < -0.39 is 0 Å². The van der Waals surface area contributed by atoms with Gasteiger partial charge in [0, 0.05) is 32.1 Å². The maximum Gasteiger partial charge on any atom is 0.191 e. The van der Waals surface area contributed by atoms with Crippen LogP contribution in [0.4, 0.5) is 0 Å². The molecule has 0 aromatic heterocycles. The molecule has 1 aromatic carbocycles. The summed E-state index contributed by atoms with van der Waals surface area (Å²) in [6, 6.07) is 6.39. The molecule has 0 radical (unpaired) electrons. The number of rotatable bonds is 9. The molecule has 0 saturated carbocycles. The minimum Gasteiger partial charge on any atom is -0.488 e. The number of hydrogen-bond acceptors (Lipinski definition) is 4. The van der Waals surface area contributed by atoms with E-state index in [1.807, 2.05) is 7.05 Å². The number of aryl methyl sites for hydroxylation is 1. The third kappa shape index (κ3) is 7.47. The molecule has 2 aliphatic heterocycles.